The summed E-state index contributed by atoms with van der Waals surface area (Å²) in [4.78, 5) is 0. The largest absolute Gasteiger partial charge is 1.00 e. The van der Waals surface area contributed by atoms with Crippen molar-refractivity contribution in [2.24, 2.45) is 0 Å². The van der Waals surface area contributed by atoms with Crippen LogP contribution in [0.3, 0.4) is 0 Å². The van der Waals surface area contributed by atoms with E-state index in [2.05, 4.69) is 0 Å². The normalized spacial score (nSPS) is 13.8. The first-order valence-electron chi connectivity index (χ1n) is 1.90. The predicted octanol–water partition coefficient (Wildman–Crippen LogP) is -2.31. The molecule has 0 aliphatic rings. The van der Waals surface area contributed by atoms with Crippen molar-refractivity contribution in [3.05, 3.63) is 0 Å². The first-order chi connectivity index (χ1) is 4.50. The summed E-state index contributed by atoms with van der Waals surface area (Å²) < 4.78 is 83.6. The number of hydrogen-bond acceptors (Lipinski definition) is 3. The zero-order chi connectivity index (χ0) is 9.50. The van der Waals surface area contributed by atoms with Gasteiger partial charge in [-0.25, -0.2) is 8.42 Å². The smallest absolute Gasteiger partial charge is 0.743 e. The van der Waals surface area contributed by atoms with Crippen LogP contribution in [0.5, 0.6) is 0 Å². The zero-order valence-electron chi connectivity index (χ0n) is 5.52. The third-order valence-corrected chi connectivity index (χ3v) is 1.50. The van der Waals surface area contributed by atoms with Gasteiger partial charge in [0.1, 0.15) is 0 Å². The minimum atomic E-state index is -6.67. The SMILES string of the molecule is O=S(=O)([O-])C(F)(F)C(F)(F)F.[Rb+]. The van der Waals surface area contributed by atoms with E-state index in [0.717, 1.165) is 0 Å². The minimum Gasteiger partial charge on any atom is -0.743 e. The van der Waals surface area contributed by atoms with Crippen LogP contribution >= 0.6 is 0 Å². The van der Waals surface area contributed by atoms with Gasteiger partial charge in [0.25, 0.3) is 0 Å². The number of hydrogen-bond donors (Lipinski definition) is 0. The van der Waals surface area contributed by atoms with Gasteiger partial charge < -0.3 is 4.55 Å². The third-order valence-electron chi connectivity index (χ3n) is 0.644. The number of alkyl halides is 5. The Morgan fingerprint density at radius 2 is 1.25 bits per heavy atom. The van der Waals surface area contributed by atoms with Crippen LogP contribution in [-0.4, -0.2) is 24.4 Å². The second-order valence-electron chi connectivity index (χ2n) is 1.47. The maximum Gasteiger partial charge on any atom is 1.00 e. The molecule has 10 heteroatoms. The molecule has 0 bridgehead atoms. The van der Waals surface area contributed by atoms with E-state index in [1.54, 1.807) is 0 Å². The van der Waals surface area contributed by atoms with Gasteiger partial charge in [0.2, 0.25) is 0 Å². The van der Waals surface area contributed by atoms with Crippen molar-refractivity contribution < 1.29 is 93.1 Å². The van der Waals surface area contributed by atoms with E-state index in [1.165, 1.54) is 0 Å². The maximum atomic E-state index is 11.4. The fourth-order valence-corrected chi connectivity index (χ4v) is 0.425. The molecule has 0 aromatic heterocycles. The van der Waals surface area contributed by atoms with Crippen LogP contribution in [0.2, 0.25) is 0 Å². The molecule has 0 aliphatic carbocycles. The molecule has 0 aromatic rings. The van der Waals surface area contributed by atoms with Crippen LogP contribution < -0.4 is 58.2 Å². The average Bonchev–Trinajstić information content (AvgIpc) is 1.58. The zero-order valence-corrected chi connectivity index (χ0v) is 11.3. The van der Waals surface area contributed by atoms with E-state index in [1.807, 2.05) is 0 Å². The molecule has 0 rings (SSSR count). The van der Waals surface area contributed by atoms with Gasteiger partial charge in [0.05, 0.1) is 0 Å². The third kappa shape index (κ3) is 3.26. The summed E-state index contributed by atoms with van der Waals surface area (Å²) in [5.74, 6) is 0. The molecule has 0 amide bonds. The van der Waals surface area contributed by atoms with Crippen LogP contribution in [0.25, 0.3) is 0 Å². The van der Waals surface area contributed by atoms with Gasteiger partial charge in [-0.1, -0.05) is 0 Å². The molecule has 0 N–H and O–H groups in total. The Kier molecular flexibility index (Phi) is 5.62. The van der Waals surface area contributed by atoms with Crippen molar-refractivity contribution in [3.8, 4) is 0 Å². The summed E-state index contributed by atoms with van der Waals surface area (Å²) in [5, 5.41) is -6.21. The van der Waals surface area contributed by atoms with Crippen molar-refractivity contribution in [2.75, 3.05) is 0 Å². The van der Waals surface area contributed by atoms with Gasteiger partial charge in [-0.3, -0.25) is 0 Å². The fraction of sp³-hybridized carbons (Fsp3) is 1.00. The molecule has 0 aliphatic heterocycles. The molecule has 0 atom stereocenters. The molecular formula is C2F5O3RbS. The topological polar surface area (TPSA) is 57.2 Å². The van der Waals surface area contributed by atoms with E-state index in [4.69, 9.17) is 0 Å². The van der Waals surface area contributed by atoms with Crippen LogP contribution in [0.4, 0.5) is 22.0 Å². The van der Waals surface area contributed by atoms with Gasteiger partial charge in [0, 0.05) is 0 Å². The summed E-state index contributed by atoms with van der Waals surface area (Å²) in [6.45, 7) is 0. The summed E-state index contributed by atoms with van der Waals surface area (Å²) in [6.07, 6.45) is -6.35. The van der Waals surface area contributed by atoms with E-state index in [9.17, 15) is 34.9 Å². The fourth-order valence-electron chi connectivity index (χ4n) is 0.142. The average molecular weight is 285 g/mol. The second kappa shape index (κ2) is 4.26. The maximum absolute atomic E-state index is 11.4. The standard InChI is InChI=1S/C2HF5O3S.Rb/c3-1(4,5)2(6,7)11(8,9)10;/h(H,8,9,10);/q;+1/p-1. The summed E-state index contributed by atoms with van der Waals surface area (Å²) in [6, 6.07) is 0. The Labute approximate surface area is 113 Å². The minimum absolute atomic E-state index is 0. The monoisotopic (exact) mass is 284 g/mol. The molecule has 0 radical (unpaired) electrons. The molecule has 3 nitrogen and oxygen atoms in total. The quantitative estimate of drug-likeness (QED) is 0.402. The van der Waals surface area contributed by atoms with Gasteiger partial charge in [0.15, 0.2) is 10.1 Å². The summed E-state index contributed by atoms with van der Waals surface area (Å²) >= 11 is 0. The van der Waals surface area contributed by atoms with Crippen LogP contribution in [0.15, 0.2) is 0 Å². The molecule has 68 valence electrons. The summed E-state index contributed by atoms with van der Waals surface area (Å²) in [5.41, 5.74) is 0. The molecule has 0 fully saturated rings. The molecule has 0 heterocycles. The van der Waals surface area contributed by atoms with Crippen molar-refractivity contribution in [2.45, 2.75) is 11.4 Å². The van der Waals surface area contributed by atoms with Gasteiger partial charge in [-0.15, -0.1) is 0 Å². The molecule has 0 unspecified atom stereocenters. The van der Waals surface area contributed by atoms with Gasteiger partial charge >= 0.3 is 69.6 Å². The van der Waals surface area contributed by atoms with Crippen LogP contribution in [-0.2, 0) is 10.1 Å². The Morgan fingerprint density at radius 1 is 1.00 bits per heavy atom. The van der Waals surface area contributed by atoms with Crippen molar-refractivity contribution in [1.29, 1.82) is 0 Å². The molecule has 12 heavy (non-hydrogen) atoms. The van der Waals surface area contributed by atoms with E-state index < -0.39 is 21.5 Å². The number of halogens is 5. The second-order valence-corrected chi connectivity index (χ2v) is 2.89. The molecule has 0 aromatic carbocycles. The van der Waals surface area contributed by atoms with Crippen LogP contribution in [0, 0.1) is 0 Å². The first-order valence-corrected chi connectivity index (χ1v) is 3.31. The molecular weight excluding hydrogens is 285 g/mol. The van der Waals surface area contributed by atoms with Crippen molar-refractivity contribution in [1.82, 2.24) is 0 Å². The Morgan fingerprint density at radius 3 is 1.25 bits per heavy atom. The number of rotatable bonds is 1. The van der Waals surface area contributed by atoms with E-state index >= 15 is 0 Å². The van der Waals surface area contributed by atoms with E-state index in [0.29, 0.717) is 0 Å². The molecule has 0 saturated carbocycles. The van der Waals surface area contributed by atoms with Gasteiger partial charge in [-0.05, 0) is 0 Å². The summed E-state index contributed by atoms with van der Waals surface area (Å²) in [7, 11) is -6.67. The Bertz CT molecular complexity index is 242. The molecule has 0 saturated heterocycles. The molecule has 0 spiro atoms. The first kappa shape index (κ1) is 15.8. The van der Waals surface area contributed by atoms with Gasteiger partial charge in [-0.2, -0.15) is 22.0 Å². The van der Waals surface area contributed by atoms with E-state index in [-0.39, 0.29) is 58.2 Å². The van der Waals surface area contributed by atoms with Crippen LogP contribution in [0.1, 0.15) is 0 Å². The Hall–Kier alpha value is 1.37. The Balaban J connectivity index is 0. The predicted molar refractivity (Wildman–Crippen MR) is 20.7 cm³/mol. The van der Waals surface area contributed by atoms with Crippen molar-refractivity contribution >= 4 is 10.1 Å². The van der Waals surface area contributed by atoms with Crippen molar-refractivity contribution in [3.63, 3.8) is 0 Å².